The van der Waals surface area contributed by atoms with Gasteiger partial charge >= 0.3 is 6.18 Å². The Balaban J connectivity index is 1.38. The lowest BCUT2D eigenvalue weighted by Crippen LogP contribution is -2.46. The molecule has 2 aliphatic heterocycles. The van der Waals surface area contributed by atoms with E-state index in [0.29, 0.717) is 17.1 Å². The Hall–Kier alpha value is -3.86. The number of amides is 1. The van der Waals surface area contributed by atoms with Gasteiger partial charge in [-0.2, -0.15) is 13.2 Å². The van der Waals surface area contributed by atoms with Gasteiger partial charge in [0.1, 0.15) is 5.75 Å². The minimum atomic E-state index is -4.61. The number of halogens is 3. The molecule has 1 saturated heterocycles. The number of carbonyl (C=O) groups is 1. The van der Waals surface area contributed by atoms with E-state index in [1.165, 1.54) is 0 Å². The maximum Gasteiger partial charge on any atom is 0.419 e. The molecule has 0 unspecified atom stereocenters. The first-order valence-electron chi connectivity index (χ1n) is 13.8. The van der Waals surface area contributed by atoms with Gasteiger partial charge in [0.25, 0.3) is 0 Å². The highest BCUT2D eigenvalue weighted by Gasteiger charge is 2.40. The first-order chi connectivity index (χ1) is 19.5. The highest BCUT2D eigenvalue weighted by molar-refractivity contribution is 6.06. The molecule has 2 N–H and O–H groups in total. The Kier molecular flexibility index (Phi) is 7.83. The number of piperazine rings is 1. The number of ether oxygens (including phenoxy) is 1. The summed E-state index contributed by atoms with van der Waals surface area (Å²) < 4.78 is 47.4. The fourth-order valence-corrected chi connectivity index (χ4v) is 5.62. The SMILES string of the molecule is CCN1CCN(c2ccc(Nc3ncc(C(F)(F)F)c(CCc4cccc5c4C(C)(C)C(=O)N5)n3)c(OC)c2)CC1. The molecule has 2 aliphatic rings. The van der Waals surface area contributed by atoms with Crippen LogP contribution in [0.4, 0.5) is 36.2 Å². The number of benzene rings is 2. The summed E-state index contributed by atoms with van der Waals surface area (Å²) >= 11 is 0. The number of alkyl halides is 3. The van der Waals surface area contributed by atoms with Crippen molar-refractivity contribution >= 4 is 28.9 Å². The molecule has 0 saturated carbocycles. The molecular formula is C30H35F3N6O2. The molecule has 1 fully saturated rings. The molecule has 5 rings (SSSR count). The molecule has 0 radical (unpaired) electrons. The van der Waals surface area contributed by atoms with Crippen LogP contribution in [0.2, 0.25) is 0 Å². The fourth-order valence-electron chi connectivity index (χ4n) is 5.62. The van der Waals surface area contributed by atoms with E-state index in [4.69, 9.17) is 4.74 Å². The molecule has 218 valence electrons. The quantitative estimate of drug-likeness (QED) is 0.376. The Bertz CT molecular complexity index is 1430. The lowest BCUT2D eigenvalue weighted by molar-refractivity contribution is -0.138. The average molecular weight is 569 g/mol. The van der Waals surface area contributed by atoms with Crippen molar-refractivity contribution in [3.63, 3.8) is 0 Å². The van der Waals surface area contributed by atoms with Gasteiger partial charge in [0.2, 0.25) is 11.9 Å². The molecule has 41 heavy (non-hydrogen) atoms. The van der Waals surface area contributed by atoms with Gasteiger partial charge < -0.3 is 25.2 Å². The van der Waals surface area contributed by atoms with Gasteiger partial charge in [-0.05, 0) is 62.6 Å². The molecule has 8 nitrogen and oxygen atoms in total. The summed E-state index contributed by atoms with van der Waals surface area (Å²) in [7, 11) is 1.55. The molecular weight excluding hydrogens is 533 g/mol. The normalized spacial score (nSPS) is 16.9. The first kappa shape index (κ1) is 28.7. The second kappa shape index (κ2) is 11.2. The fraction of sp³-hybridized carbons (Fsp3) is 0.433. The predicted molar refractivity (Wildman–Crippen MR) is 153 cm³/mol. The molecule has 0 spiro atoms. The van der Waals surface area contributed by atoms with E-state index in [1.54, 1.807) is 13.2 Å². The lowest BCUT2D eigenvalue weighted by Gasteiger charge is -2.35. The Morgan fingerprint density at radius 3 is 2.54 bits per heavy atom. The van der Waals surface area contributed by atoms with Crippen LogP contribution in [-0.2, 0) is 29.2 Å². The van der Waals surface area contributed by atoms with Crippen molar-refractivity contribution in [2.24, 2.45) is 0 Å². The number of hydrogen-bond donors (Lipinski definition) is 2. The summed E-state index contributed by atoms with van der Waals surface area (Å²) in [6, 6.07) is 11.2. The summed E-state index contributed by atoms with van der Waals surface area (Å²) in [5.74, 6) is 0.462. The Morgan fingerprint density at radius 2 is 1.85 bits per heavy atom. The Morgan fingerprint density at radius 1 is 1.10 bits per heavy atom. The number of nitrogens with one attached hydrogen (secondary N) is 2. The maximum absolute atomic E-state index is 13.9. The number of anilines is 4. The van der Waals surface area contributed by atoms with Crippen LogP contribution in [0, 0.1) is 0 Å². The molecule has 0 bridgehead atoms. The van der Waals surface area contributed by atoms with Crippen molar-refractivity contribution < 1.29 is 22.7 Å². The third-order valence-corrected chi connectivity index (χ3v) is 8.01. The average Bonchev–Trinajstić information content (AvgIpc) is 3.19. The van der Waals surface area contributed by atoms with Crippen molar-refractivity contribution in [2.75, 3.05) is 55.4 Å². The largest absolute Gasteiger partial charge is 0.494 e. The maximum atomic E-state index is 13.9. The molecule has 1 amide bonds. The molecule has 0 aliphatic carbocycles. The van der Waals surface area contributed by atoms with E-state index in [9.17, 15) is 18.0 Å². The minimum absolute atomic E-state index is 0.0204. The molecule has 2 aromatic carbocycles. The summed E-state index contributed by atoms with van der Waals surface area (Å²) in [6.07, 6.45) is -3.48. The van der Waals surface area contributed by atoms with Crippen molar-refractivity contribution in [1.82, 2.24) is 14.9 Å². The van der Waals surface area contributed by atoms with E-state index in [1.807, 2.05) is 44.2 Å². The van der Waals surface area contributed by atoms with Gasteiger partial charge in [0.15, 0.2) is 0 Å². The summed E-state index contributed by atoms with van der Waals surface area (Å²) in [4.78, 5) is 25.4. The Labute approximate surface area is 237 Å². The number of fused-ring (bicyclic) bond motifs is 1. The van der Waals surface area contributed by atoms with E-state index < -0.39 is 17.2 Å². The zero-order valence-corrected chi connectivity index (χ0v) is 23.7. The van der Waals surface area contributed by atoms with Crippen molar-refractivity contribution in [3.8, 4) is 5.75 Å². The zero-order chi connectivity index (χ0) is 29.4. The van der Waals surface area contributed by atoms with Gasteiger partial charge in [-0.15, -0.1) is 0 Å². The van der Waals surface area contributed by atoms with Crippen LogP contribution in [0.5, 0.6) is 5.75 Å². The molecule has 0 atom stereocenters. The smallest absolute Gasteiger partial charge is 0.419 e. The standard InChI is InChI=1S/C30H35F3N6O2/c1-5-38-13-15-39(16-14-38)20-10-12-23(25(17-20)41-4)37-28-34-18-21(30(31,32)33)22(36-28)11-9-19-7-6-8-24-26(19)29(2,3)27(40)35-24/h6-8,10,12,17-18H,5,9,11,13-16H2,1-4H3,(H,35,40)(H,34,36,37). The van der Waals surface area contributed by atoms with Crippen LogP contribution in [0.1, 0.15) is 43.2 Å². The van der Waals surface area contributed by atoms with Gasteiger partial charge in [0, 0.05) is 49.8 Å². The van der Waals surface area contributed by atoms with Crippen LogP contribution in [0.15, 0.2) is 42.6 Å². The number of aryl methyl sites for hydroxylation is 2. The first-order valence-corrected chi connectivity index (χ1v) is 13.8. The van der Waals surface area contributed by atoms with Gasteiger partial charge in [-0.1, -0.05) is 19.1 Å². The van der Waals surface area contributed by atoms with Crippen LogP contribution in [0.3, 0.4) is 0 Å². The summed E-state index contributed by atoms with van der Waals surface area (Å²) in [6.45, 7) is 10.6. The highest BCUT2D eigenvalue weighted by Crippen LogP contribution is 2.40. The topological polar surface area (TPSA) is 82.6 Å². The molecule has 3 heterocycles. The minimum Gasteiger partial charge on any atom is -0.494 e. The zero-order valence-electron chi connectivity index (χ0n) is 23.7. The van der Waals surface area contributed by atoms with Crippen LogP contribution in [-0.4, -0.2) is 60.6 Å². The number of hydrogen-bond acceptors (Lipinski definition) is 7. The second-order valence-electron chi connectivity index (χ2n) is 10.9. The highest BCUT2D eigenvalue weighted by atomic mass is 19.4. The summed E-state index contributed by atoms with van der Waals surface area (Å²) in [5, 5.41) is 5.92. The van der Waals surface area contributed by atoms with Crippen LogP contribution < -0.4 is 20.3 Å². The lowest BCUT2D eigenvalue weighted by atomic mass is 9.82. The third kappa shape index (κ3) is 5.81. The monoisotopic (exact) mass is 568 g/mol. The number of nitrogens with zero attached hydrogens (tertiary/aromatic N) is 4. The van der Waals surface area contributed by atoms with E-state index in [-0.39, 0.29) is 30.4 Å². The van der Waals surface area contributed by atoms with Gasteiger partial charge in [-0.3, -0.25) is 4.79 Å². The predicted octanol–water partition coefficient (Wildman–Crippen LogP) is 5.40. The summed E-state index contributed by atoms with van der Waals surface area (Å²) in [5.41, 5.74) is 2.12. The van der Waals surface area contributed by atoms with Crippen molar-refractivity contribution in [3.05, 3.63) is 65.0 Å². The molecule has 1 aromatic heterocycles. The van der Waals surface area contributed by atoms with Gasteiger partial charge in [0.05, 0.1) is 29.5 Å². The van der Waals surface area contributed by atoms with Crippen molar-refractivity contribution in [1.29, 1.82) is 0 Å². The third-order valence-electron chi connectivity index (χ3n) is 8.01. The number of carbonyl (C=O) groups excluding carboxylic acids is 1. The molecule has 3 aromatic rings. The molecule has 11 heteroatoms. The van der Waals surface area contributed by atoms with E-state index >= 15 is 0 Å². The second-order valence-corrected chi connectivity index (χ2v) is 10.9. The number of aromatic nitrogens is 2. The number of likely N-dealkylation sites (N-methyl/N-ethyl adjacent to an activating group) is 1. The van der Waals surface area contributed by atoms with Crippen molar-refractivity contribution in [2.45, 2.75) is 45.2 Å². The van der Waals surface area contributed by atoms with E-state index in [0.717, 1.165) is 55.7 Å². The number of methoxy groups -OCH3 is 1. The van der Waals surface area contributed by atoms with Crippen LogP contribution in [0.25, 0.3) is 0 Å². The number of rotatable bonds is 8. The van der Waals surface area contributed by atoms with Crippen LogP contribution >= 0.6 is 0 Å². The van der Waals surface area contributed by atoms with E-state index in [2.05, 4.69) is 37.3 Å². The van der Waals surface area contributed by atoms with Gasteiger partial charge in [-0.25, -0.2) is 9.97 Å².